The van der Waals surface area contributed by atoms with Gasteiger partial charge >= 0.3 is 0 Å². The molecule has 0 spiro atoms. The largest absolute Gasteiger partial charge is 0.263 e. The zero-order valence-corrected chi connectivity index (χ0v) is 9.92. The number of hydrogen-bond acceptors (Lipinski definition) is 3. The number of hydrogen-bond donors (Lipinski definition) is 1. The normalized spacial score (nSPS) is 18.7. The van der Waals surface area contributed by atoms with Gasteiger partial charge < -0.3 is 0 Å². The Bertz CT molecular complexity index is 481. The summed E-state index contributed by atoms with van der Waals surface area (Å²) in [5.41, 5.74) is 1.42. The maximum absolute atomic E-state index is 4.51. The molecule has 0 bridgehead atoms. The summed E-state index contributed by atoms with van der Waals surface area (Å²) < 4.78 is 0. The number of thioether (sulfide) groups is 1. The first-order chi connectivity index (χ1) is 7.86. The Kier molecular flexibility index (Phi) is 2.44. The van der Waals surface area contributed by atoms with Crippen LogP contribution in [-0.4, -0.2) is 15.2 Å². The number of rotatable bonds is 2. The van der Waals surface area contributed by atoms with Crippen LogP contribution in [0.25, 0.3) is 0 Å². The lowest BCUT2D eigenvalue weighted by Crippen LogP contribution is -1.95. The van der Waals surface area contributed by atoms with Crippen LogP contribution >= 0.6 is 11.8 Å². The molecule has 2 aromatic rings. The van der Waals surface area contributed by atoms with Crippen molar-refractivity contribution in [1.82, 2.24) is 15.2 Å². The SMILES string of the molecule is CCc1nc(C2Cc3ccccc3S2)n[nH]1. The molecule has 1 aliphatic rings. The average Bonchev–Trinajstić information content (AvgIpc) is 2.95. The van der Waals surface area contributed by atoms with Crippen LogP contribution < -0.4 is 0 Å². The van der Waals surface area contributed by atoms with Gasteiger partial charge in [0.05, 0.1) is 5.25 Å². The minimum Gasteiger partial charge on any atom is -0.263 e. The molecule has 0 saturated carbocycles. The second-order valence-electron chi connectivity index (χ2n) is 3.91. The first-order valence-electron chi connectivity index (χ1n) is 5.52. The van der Waals surface area contributed by atoms with E-state index in [1.165, 1.54) is 10.5 Å². The van der Waals surface area contributed by atoms with Gasteiger partial charge in [-0.3, -0.25) is 5.10 Å². The molecule has 2 heterocycles. The van der Waals surface area contributed by atoms with Crippen LogP contribution in [0.15, 0.2) is 29.2 Å². The van der Waals surface area contributed by atoms with Crippen LogP contribution in [0.4, 0.5) is 0 Å². The molecule has 1 unspecified atom stereocenters. The molecule has 16 heavy (non-hydrogen) atoms. The summed E-state index contributed by atoms with van der Waals surface area (Å²) in [7, 11) is 0. The lowest BCUT2D eigenvalue weighted by Gasteiger charge is -2.00. The maximum atomic E-state index is 4.51. The Morgan fingerprint density at radius 2 is 2.31 bits per heavy atom. The van der Waals surface area contributed by atoms with Gasteiger partial charge in [0, 0.05) is 11.3 Å². The van der Waals surface area contributed by atoms with Crippen molar-refractivity contribution in [2.24, 2.45) is 0 Å². The molecule has 3 rings (SSSR count). The molecule has 0 amide bonds. The molecule has 4 heteroatoms. The van der Waals surface area contributed by atoms with Gasteiger partial charge in [-0.05, 0) is 18.1 Å². The van der Waals surface area contributed by atoms with E-state index in [9.17, 15) is 0 Å². The van der Waals surface area contributed by atoms with E-state index >= 15 is 0 Å². The van der Waals surface area contributed by atoms with Gasteiger partial charge in [-0.15, -0.1) is 11.8 Å². The molecule has 1 aromatic heterocycles. The molecular weight excluding hydrogens is 218 g/mol. The number of fused-ring (bicyclic) bond motifs is 1. The minimum absolute atomic E-state index is 0.383. The van der Waals surface area contributed by atoms with E-state index in [1.54, 1.807) is 0 Å². The van der Waals surface area contributed by atoms with Gasteiger partial charge in [-0.2, -0.15) is 5.10 Å². The smallest absolute Gasteiger partial charge is 0.164 e. The fourth-order valence-corrected chi connectivity index (χ4v) is 3.18. The van der Waals surface area contributed by atoms with Crippen LogP contribution in [0.1, 0.15) is 29.4 Å². The topological polar surface area (TPSA) is 41.6 Å². The molecule has 0 saturated heterocycles. The predicted octanol–water partition coefficient (Wildman–Crippen LogP) is 2.76. The van der Waals surface area contributed by atoms with Crippen molar-refractivity contribution >= 4 is 11.8 Å². The molecule has 0 radical (unpaired) electrons. The maximum Gasteiger partial charge on any atom is 0.164 e. The van der Waals surface area contributed by atoms with Crippen molar-refractivity contribution in [3.05, 3.63) is 41.5 Å². The van der Waals surface area contributed by atoms with Crippen molar-refractivity contribution in [3.8, 4) is 0 Å². The quantitative estimate of drug-likeness (QED) is 0.864. The first kappa shape index (κ1) is 9.90. The number of aromatic amines is 1. The first-order valence-corrected chi connectivity index (χ1v) is 6.40. The van der Waals surface area contributed by atoms with E-state index in [1.807, 2.05) is 11.8 Å². The molecule has 1 aliphatic heterocycles. The number of H-pyrrole nitrogens is 1. The van der Waals surface area contributed by atoms with Gasteiger partial charge in [-0.25, -0.2) is 4.98 Å². The number of aromatic nitrogens is 3. The highest BCUT2D eigenvalue weighted by atomic mass is 32.2. The number of benzene rings is 1. The second kappa shape index (κ2) is 3.94. The highest BCUT2D eigenvalue weighted by Gasteiger charge is 2.26. The molecule has 1 atom stereocenters. The van der Waals surface area contributed by atoms with Gasteiger partial charge in [0.1, 0.15) is 5.82 Å². The van der Waals surface area contributed by atoms with Gasteiger partial charge in [0.2, 0.25) is 0 Å². The fourth-order valence-electron chi connectivity index (χ4n) is 1.94. The Morgan fingerprint density at radius 3 is 3.06 bits per heavy atom. The number of nitrogens with zero attached hydrogens (tertiary/aromatic N) is 2. The van der Waals surface area contributed by atoms with E-state index in [4.69, 9.17) is 0 Å². The standard InChI is InChI=1S/C12H13N3S/c1-2-11-13-12(15-14-11)10-7-8-5-3-4-6-9(8)16-10/h3-6,10H,2,7H2,1H3,(H,13,14,15). The van der Waals surface area contributed by atoms with E-state index in [0.717, 1.165) is 24.5 Å². The Balaban J connectivity index is 1.85. The Hall–Kier alpha value is -1.29. The van der Waals surface area contributed by atoms with Crippen LogP contribution in [0.2, 0.25) is 0 Å². The third-order valence-corrected chi connectivity index (χ3v) is 4.13. The van der Waals surface area contributed by atoms with E-state index in [0.29, 0.717) is 5.25 Å². The monoisotopic (exact) mass is 231 g/mol. The summed E-state index contributed by atoms with van der Waals surface area (Å²) in [5.74, 6) is 1.92. The van der Waals surface area contributed by atoms with E-state index in [-0.39, 0.29) is 0 Å². The minimum atomic E-state index is 0.383. The summed E-state index contributed by atoms with van der Waals surface area (Å²) in [5, 5.41) is 7.66. The number of nitrogens with one attached hydrogen (secondary N) is 1. The number of aryl methyl sites for hydroxylation is 1. The lowest BCUT2D eigenvalue weighted by molar-refractivity contribution is 0.857. The summed E-state index contributed by atoms with van der Waals surface area (Å²) in [6.45, 7) is 2.08. The second-order valence-corrected chi connectivity index (χ2v) is 5.16. The summed E-state index contributed by atoms with van der Waals surface area (Å²) in [4.78, 5) is 5.88. The molecule has 1 N–H and O–H groups in total. The van der Waals surface area contributed by atoms with Crippen molar-refractivity contribution in [3.63, 3.8) is 0 Å². The van der Waals surface area contributed by atoms with E-state index < -0.39 is 0 Å². The molecule has 0 fully saturated rings. The fraction of sp³-hybridized carbons (Fsp3) is 0.333. The summed E-state index contributed by atoms with van der Waals surface area (Å²) in [6.07, 6.45) is 1.96. The van der Waals surface area contributed by atoms with Crippen LogP contribution in [-0.2, 0) is 12.8 Å². The third kappa shape index (κ3) is 1.63. The zero-order chi connectivity index (χ0) is 11.0. The average molecular weight is 231 g/mol. The lowest BCUT2D eigenvalue weighted by atomic mass is 10.1. The van der Waals surface area contributed by atoms with Gasteiger partial charge in [0.15, 0.2) is 5.82 Å². The Labute approximate surface area is 98.7 Å². The summed E-state index contributed by atoms with van der Waals surface area (Å²) >= 11 is 1.87. The predicted molar refractivity (Wildman–Crippen MR) is 64.5 cm³/mol. The van der Waals surface area contributed by atoms with Crippen molar-refractivity contribution in [1.29, 1.82) is 0 Å². The zero-order valence-electron chi connectivity index (χ0n) is 9.10. The molecule has 0 aliphatic carbocycles. The highest BCUT2D eigenvalue weighted by molar-refractivity contribution is 7.99. The third-order valence-electron chi connectivity index (χ3n) is 2.82. The summed E-state index contributed by atoms with van der Waals surface area (Å²) in [6, 6.07) is 8.55. The van der Waals surface area contributed by atoms with Crippen molar-refractivity contribution < 1.29 is 0 Å². The van der Waals surface area contributed by atoms with Crippen LogP contribution in [0.3, 0.4) is 0 Å². The molecule has 3 nitrogen and oxygen atoms in total. The Morgan fingerprint density at radius 1 is 1.44 bits per heavy atom. The molecule has 1 aromatic carbocycles. The van der Waals surface area contributed by atoms with Gasteiger partial charge in [-0.1, -0.05) is 25.1 Å². The van der Waals surface area contributed by atoms with Crippen LogP contribution in [0, 0.1) is 0 Å². The molecule has 82 valence electrons. The molecular formula is C12H13N3S. The van der Waals surface area contributed by atoms with Gasteiger partial charge in [0.25, 0.3) is 0 Å². The highest BCUT2D eigenvalue weighted by Crippen LogP contribution is 2.44. The van der Waals surface area contributed by atoms with Crippen molar-refractivity contribution in [2.75, 3.05) is 0 Å². The van der Waals surface area contributed by atoms with Crippen LogP contribution in [0.5, 0.6) is 0 Å². The van der Waals surface area contributed by atoms with Crippen molar-refractivity contribution in [2.45, 2.75) is 29.9 Å². The van der Waals surface area contributed by atoms with E-state index in [2.05, 4.69) is 46.4 Å².